The minimum absolute atomic E-state index is 0.0534. The van der Waals surface area contributed by atoms with Crippen molar-refractivity contribution in [1.82, 2.24) is 5.32 Å². The highest BCUT2D eigenvalue weighted by molar-refractivity contribution is 5.81. The Morgan fingerprint density at radius 1 is 1.47 bits per heavy atom. The first-order valence-electron chi connectivity index (χ1n) is 6.01. The Labute approximate surface area is 101 Å². The molecule has 1 aliphatic rings. The molecular weight excluding hydrogens is 220 g/mol. The molecule has 0 aromatic heterocycles. The fourth-order valence-corrected chi connectivity index (χ4v) is 2.26. The molecule has 0 spiro atoms. The van der Waals surface area contributed by atoms with E-state index in [0.29, 0.717) is 18.8 Å². The van der Waals surface area contributed by atoms with Gasteiger partial charge in [0.25, 0.3) is 12.4 Å². The number of nitrogens with one attached hydrogen (secondary N) is 1. The van der Waals surface area contributed by atoms with Crippen LogP contribution in [-0.2, 0) is 14.3 Å². The van der Waals surface area contributed by atoms with Gasteiger partial charge >= 0.3 is 0 Å². The maximum Gasteiger partial charge on any atom is 0.293 e. The van der Waals surface area contributed by atoms with E-state index in [2.05, 4.69) is 5.32 Å². The van der Waals surface area contributed by atoms with Crippen molar-refractivity contribution in [3.8, 4) is 6.07 Å². The van der Waals surface area contributed by atoms with Gasteiger partial charge in [0.1, 0.15) is 6.54 Å². The van der Waals surface area contributed by atoms with Gasteiger partial charge in [-0.05, 0) is 12.3 Å². The van der Waals surface area contributed by atoms with Crippen LogP contribution in [0.2, 0.25) is 0 Å². The zero-order valence-electron chi connectivity index (χ0n) is 9.85. The monoisotopic (exact) mass is 238 g/mol. The zero-order valence-corrected chi connectivity index (χ0v) is 9.85. The maximum absolute atomic E-state index is 11.6. The molecule has 0 bridgehead atoms. The van der Waals surface area contributed by atoms with Crippen LogP contribution in [-0.4, -0.2) is 25.0 Å². The van der Waals surface area contributed by atoms with Crippen LogP contribution in [0.5, 0.6) is 0 Å². The van der Waals surface area contributed by atoms with Crippen molar-refractivity contribution in [2.75, 3.05) is 6.54 Å². The summed E-state index contributed by atoms with van der Waals surface area (Å²) in [6.45, 7) is 0.252. The minimum Gasteiger partial charge on any atom is -0.454 e. The molecule has 1 atom stereocenters. The number of amides is 1. The molecule has 17 heavy (non-hydrogen) atoms. The van der Waals surface area contributed by atoms with E-state index in [1.165, 1.54) is 19.3 Å². The molecule has 0 radical (unpaired) electrons. The Kier molecular flexibility index (Phi) is 6.08. The fraction of sp³-hybridized carbons (Fsp3) is 0.750. The predicted molar refractivity (Wildman–Crippen MR) is 60.8 cm³/mol. The summed E-state index contributed by atoms with van der Waals surface area (Å²) in [5.74, 6) is 0.0748. The number of nitriles is 1. The molecule has 1 saturated carbocycles. The van der Waals surface area contributed by atoms with E-state index in [1.807, 2.05) is 6.07 Å². The van der Waals surface area contributed by atoms with Gasteiger partial charge in [0.2, 0.25) is 0 Å². The van der Waals surface area contributed by atoms with E-state index in [4.69, 9.17) is 10.00 Å². The van der Waals surface area contributed by atoms with Gasteiger partial charge in [-0.1, -0.05) is 32.1 Å². The summed E-state index contributed by atoms with van der Waals surface area (Å²) < 4.78 is 4.80. The second-order valence-electron chi connectivity index (χ2n) is 4.34. The number of rotatable bonds is 6. The minimum atomic E-state index is -0.746. The van der Waals surface area contributed by atoms with Crippen LogP contribution in [0.3, 0.4) is 0 Å². The predicted octanol–water partition coefficient (Wildman–Crippen LogP) is 1.14. The average Bonchev–Trinajstić information content (AvgIpc) is 2.36. The Bertz CT molecular complexity index is 293. The van der Waals surface area contributed by atoms with Gasteiger partial charge < -0.3 is 10.1 Å². The lowest BCUT2D eigenvalue weighted by molar-refractivity contribution is -0.146. The lowest BCUT2D eigenvalue weighted by Gasteiger charge is -2.24. The molecule has 0 heterocycles. The third kappa shape index (κ3) is 4.85. The van der Waals surface area contributed by atoms with E-state index in [0.717, 1.165) is 12.8 Å². The third-order valence-corrected chi connectivity index (χ3v) is 3.13. The summed E-state index contributed by atoms with van der Waals surface area (Å²) in [4.78, 5) is 22.0. The Balaban J connectivity index is 2.43. The molecule has 1 N–H and O–H groups in total. The molecule has 0 aromatic carbocycles. The van der Waals surface area contributed by atoms with Crippen LogP contribution in [0.1, 0.15) is 38.5 Å². The van der Waals surface area contributed by atoms with Crippen molar-refractivity contribution in [2.45, 2.75) is 44.6 Å². The van der Waals surface area contributed by atoms with Crippen molar-refractivity contribution in [3.63, 3.8) is 0 Å². The van der Waals surface area contributed by atoms with E-state index in [1.54, 1.807) is 0 Å². The maximum atomic E-state index is 11.6. The summed E-state index contributed by atoms with van der Waals surface area (Å²) in [6, 6.07) is 1.82. The quantitative estimate of drug-likeness (QED) is 0.556. The van der Waals surface area contributed by atoms with E-state index < -0.39 is 6.10 Å². The molecule has 1 fully saturated rings. The van der Waals surface area contributed by atoms with E-state index >= 15 is 0 Å². The summed E-state index contributed by atoms with van der Waals surface area (Å²) in [5.41, 5.74) is 0. The number of carbonyl (C=O) groups excluding carboxylic acids is 2. The number of carbonyl (C=O) groups is 2. The summed E-state index contributed by atoms with van der Waals surface area (Å²) >= 11 is 0. The van der Waals surface area contributed by atoms with Gasteiger partial charge in [0, 0.05) is 0 Å². The van der Waals surface area contributed by atoms with E-state index in [-0.39, 0.29) is 12.5 Å². The molecular formula is C12H18N2O3. The van der Waals surface area contributed by atoms with Crippen LogP contribution in [0, 0.1) is 17.2 Å². The lowest BCUT2D eigenvalue weighted by atomic mass is 9.85. The standard InChI is InChI=1S/C12H18N2O3/c13-6-7-14-12(16)11(17-9-15)8-10-4-2-1-3-5-10/h9-11H,1-5,7-8H2,(H,14,16)/t11-/m0/s1. The van der Waals surface area contributed by atoms with Crippen LogP contribution in [0.25, 0.3) is 0 Å². The highest BCUT2D eigenvalue weighted by Crippen LogP contribution is 2.27. The molecule has 0 unspecified atom stereocenters. The van der Waals surface area contributed by atoms with E-state index in [9.17, 15) is 9.59 Å². The first-order chi connectivity index (χ1) is 8.27. The Hall–Kier alpha value is -1.57. The normalized spacial score (nSPS) is 17.8. The van der Waals surface area contributed by atoms with Gasteiger partial charge in [-0.15, -0.1) is 0 Å². The topological polar surface area (TPSA) is 79.2 Å². The summed E-state index contributed by atoms with van der Waals surface area (Å²) in [7, 11) is 0. The smallest absolute Gasteiger partial charge is 0.293 e. The van der Waals surface area contributed by atoms with Crippen molar-refractivity contribution in [1.29, 1.82) is 5.26 Å². The van der Waals surface area contributed by atoms with Crippen molar-refractivity contribution in [2.24, 2.45) is 5.92 Å². The third-order valence-electron chi connectivity index (χ3n) is 3.13. The van der Waals surface area contributed by atoms with Gasteiger partial charge in [-0.2, -0.15) is 5.26 Å². The highest BCUT2D eigenvalue weighted by atomic mass is 16.5. The second kappa shape index (κ2) is 7.66. The number of hydrogen-bond donors (Lipinski definition) is 1. The van der Waals surface area contributed by atoms with Crippen LogP contribution in [0.15, 0.2) is 0 Å². The number of hydrogen-bond acceptors (Lipinski definition) is 4. The first kappa shape index (κ1) is 13.5. The molecule has 1 amide bonds. The molecule has 0 aromatic rings. The van der Waals surface area contributed by atoms with Crippen LogP contribution in [0.4, 0.5) is 0 Å². The fourth-order valence-electron chi connectivity index (χ4n) is 2.26. The molecule has 0 aliphatic heterocycles. The van der Waals surface area contributed by atoms with Crippen molar-refractivity contribution < 1.29 is 14.3 Å². The largest absolute Gasteiger partial charge is 0.454 e. The molecule has 5 nitrogen and oxygen atoms in total. The second-order valence-corrected chi connectivity index (χ2v) is 4.34. The van der Waals surface area contributed by atoms with Gasteiger partial charge in [0.15, 0.2) is 6.10 Å². The van der Waals surface area contributed by atoms with Crippen LogP contribution >= 0.6 is 0 Å². The molecule has 1 aliphatic carbocycles. The highest BCUT2D eigenvalue weighted by Gasteiger charge is 2.25. The summed E-state index contributed by atoms with van der Waals surface area (Å²) in [5, 5.41) is 10.8. The van der Waals surface area contributed by atoms with Crippen molar-refractivity contribution in [3.05, 3.63) is 0 Å². The number of ether oxygens (including phenoxy) is 1. The summed E-state index contributed by atoms with van der Waals surface area (Å²) in [6.07, 6.45) is 5.60. The first-order valence-corrected chi connectivity index (χ1v) is 6.01. The van der Waals surface area contributed by atoms with Crippen molar-refractivity contribution >= 4 is 12.4 Å². The van der Waals surface area contributed by atoms with Gasteiger partial charge in [-0.3, -0.25) is 9.59 Å². The van der Waals surface area contributed by atoms with Gasteiger partial charge in [-0.25, -0.2) is 0 Å². The Morgan fingerprint density at radius 2 is 2.18 bits per heavy atom. The lowest BCUT2D eigenvalue weighted by Crippen LogP contribution is -2.38. The Morgan fingerprint density at radius 3 is 2.76 bits per heavy atom. The molecule has 0 saturated heterocycles. The molecule has 5 heteroatoms. The van der Waals surface area contributed by atoms with Gasteiger partial charge in [0.05, 0.1) is 6.07 Å². The molecule has 94 valence electrons. The number of nitrogens with zero attached hydrogens (tertiary/aromatic N) is 1. The molecule has 1 rings (SSSR count). The van der Waals surface area contributed by atoms with Crippen LogP contribution < -0.4 is 5.32 Å². The SMILES string of the molecule is N#CCNC(=O)[C@H](CC1CCCCC1)OC=O. The average molecular weight is 238 g/mol. The zero-order chi connectivity index (χ0) is 12.5.